The van der Waals surface area contributed by atoms with Gasteiger partial charge in [-0.3, -0.25) is 9.69 Å². The summed E-state index contributed by atoms with van der Waals surface area (Å²) < 4.78 is 43.9. The standard InChI is InChI=1S/C19H22F3N3O2/c20-19(21,22)12-25-11-7-16(18(25)26)24-9-5-13(6-10-24)27-17-3-1-2-15-14(17)4-8-23-15/h1-4,8,13,16,23H,5-7,9-12H2. The van der Waals surface area contributed by atoms with Crippen molar-refractivity contribution in [1.82, 2.24) is 14.8 Å². The number of halogens is 3. The molecule has 1 atom stereocenters. The molecule has 2 aromatic rings. The Bertz CT molecular complexity index is 812. The number of likely N-dealkylation sites (tertiary alicyclic amines) is 2. The minimum absolute atomic E-state index is 0.0459. The average molecular weight is 381 g/mol. The molecule has 2 aliphatic rings. The lowest BCUT2D eigenvalue weighted by Gasteiger charge is -2.35. The van der Waals surface area contributed by atoms with E-state index in [2.05, 4.69) is 4.98 Å². The molecule has 1 aromatic carbocycles. The van der Waals surface area contributed by atoms with Crippen LogP contribution < -0.4 is 4.74 Å². The number of amides is 1. The zero-order valence-corrected chi connectivity index (χ0v) is 14.8. The Balaban J connectivity index is 1.33. The number of nitrogens with one attached hydrogen (secondary N) is 1. The molecule has 0 aliphatic carbocycles. The van der Waals surface area contributed by atoms with Crippen LogP contribution in [0.5, 0.6) is 5.75 Å². The summed E-state index contributed by atoms with van der Waals surface area (Å²) in [5.41, 5.74) is 1.02. The second-order valence-corrected chi connectivity index (χ2v) is 7.23. The van der Waals surface area contributed by atoms with Gasteiger partial charge in [0, 0.05) is 36.7 Å². The van der Waals surface area contributed by atoms with Gasteiger partial charge >= 0.3 is 6.18 Å². The summed E-state index contributed by atoms with van der Waals surface area (Å²) in [6, 6.07) is 7.42. The second-order valence-electron chi connectivity index (χ2n) is 7.23. The number of alkyl halides is 3. The minimum Gasteiger partial charge on any atom is -0.490 e. The van der Waals surface area contributed by atoms with E-state index in [4.69, 9.17) is 4.74 Å². The number of rotatable bonds is 4. The number of aromatic amines is 1. The Hall–Kier alpha value is -2.22. The molecule has 27 heavy (non-hydrogen) atoms. The molecule has 2 saturated heterocycles. The lowest BCUT2D eigenvalue weighted by Crippen LogP contribution is -2.48. The molecule has 0 radical (unpaired) electrons. The molecular weight excluding hydrogens is 359 g/mol. The third-order valence-electron chi connectivity index (χ3n) is 5.41. The van der Waals surface area contributed by atoms with Crippen LogP contribution in [0.4, 0.5) is 13.2 Å². The number of fused-ring (bicyclic) bond motifs is 1. The number of hydrogen-bond donors (Lipinski definition) is 1. The number of ether oxygens (including phenoxy) is 1. The predicted octanol–water partition coefficient (Wildman–Crippen LogP) is 3.17. The van der Waals surface area contributed by atoms with Crippen molar-refractivity contribution < 1.29 is 22.7 Å². The van der Waals surface area contributed by atoms with Crippen LogP contribution in [0.3, 0.4) is 0 Å². The third kappa shape index (κ3) is 3.90. The molecule has 0 saturated carbocycles. The van der Waals surface area contributed by atoms with Crippen molar-refractivity contribution in [3.63, 3.8) is 0 Å². The van der Waals surface area contributed by atoms with Gasteiger partial charge in [0.1, 0.15) is 18.4 Å². The average Bonchev–Trinajstić information content (AvgIpc) is 3.23. The smallest absolute Gasteiger partial charge is 0.406 e. The molecule has 5 nitrogen and oxygen atoms in total. The van der Waals surface area contributed by atoms with Gasteiger partial charge in [-0.15, -0.1) is 0 Å². The fourth-order valence-corrected chi connectivity index (χ4v) is 4.08. The number of hydrogen-bond acceptors (Lipinski definition) is 3. The number of aromatic nitrogens is 1. The van der Waals surface area contributed by atoms with E-state index in [1.807, 2.05) is 35.4 Å². The van der Waals surface area contributed by atoms with Crippen molar-refractivity contribution in [3.05, 3.63) is 30.5 Å². The van der Waals surface area contributed by atoms with Gasteiger partial charge in [0.15, 0.2) is 0 Å². The van der Waals surface area contributed by atoms with E-state index in [0.717, 1.165) is 34.4 Å². The van der Waals surface area contributed by atoms with Crippen LogP contribution in [0, 0.1) is 0 Å². The number of carbonyl (C=O) groups excluding carboxylic acids is 1. The van der Waals surface area contributed by atoms with Crippen molar-refractivity contribution in [2.75, 3.05) is 26.2 Å². The highest BCUT2D eigenvalue weighted by Crippen LogP contribution is 2.29. The highest BCUT2D eigenvalue weighted by Gasteiger charge is 2.42. The van der Waals surface area contributed by atoms with Gasteiger partial charge < -0.3 is 14.6 Å². The van der Waals surface area contributed by atoms with Gasteiger partial charge in [-0.2, -0.15) is 13.2 Å². The van der Waals surface area contributed by atoms with Crippen molar-refractivity contribution in [1.29, 1.82) is 0 Å². The number of nitrogens with zero attached hydrogens (tertiary/aromatic N) is 2. The largest absolute Gasteiger partial charge is 0.490 e. The van der Waals surface area contributed by atoms with Gasteiger partial charge in [-0.05, 0) is 37.5 Å². The first-order chi connectivity index (χ1) is 12.9. The number of H-pyrrole nitrogens is 1. The third-order valence-corrected chi connectivity index (χ3v) is 5.41. The molecule has 1 aromatic heterocycles. The Morgan fingerprint density at radius 3 is 2.63 bits per heavy atom. The van der Waals surface area contributed by atoms with E-state index in [9.17, 15) is 18.0 Å². The molecule has 8 heteroatoms. The minimum atomic E-state index is -4.34. The molecule has 1 N–H and O–H groups in total. The zero-order chi connectivity index (χ0) is 19.0. The van der Waals surface area contributed by atoms with E-state index in [1.54, 1.807) is 0 Å². The number of piperidine rings is 1. The first kappa shape index (κ1) is 18.2. The SMILES string of the molecule is O=C1C(N2CCC(Oc3cccc4[nH]ccc34)CC2)CCN1CC(F)(F)F. The van der Waals surface area contributed by atoms with Gasteiger partial charge in [0.25, 0.3) is 0 Å². The summed E-state index contributed by atoms with van der Waals surface area (Å²) in [6.45, 7) is 0.339. The van der Waals surface area contributed by atoms with Crippen LogP contribution in [0.1, 0.15) is 19.3 Å². The Labute approximate surface area is 155 Å². The van der Waals surface area contributed by atoms with E-state index in [1.165, 1.54) is 0 Å². The molecule has 1 amide bonds. The first-order valence-electron chi connectivity index (χ1n) is 9.23. The summed E-state index contributed by atoms with van der Waals surface area (Å²) in [6.07, 6.45) is -0.454. The number of benzene rings is 1. The fraction of sp³-hybridized carbons (Fsp3) is 0.526. The molecule has 146 valence electrons. The molecule has 0 spiro atoms. The van der Waals surface area contributed by atoms with E-state index < -0.39 is 24.7 Å². The van der Waals surface area contributed by atoms with Crippen LogP contribution in [-0.2, 0) is 4.79 Å². The lowest BCUT2D eigenvalue weighted by atomic mass is 10.0. The maximum atomic E-state index is 12.6. The maximum absolute atomic E-state index is 12.6. The molecule has 1 unspecified atom stereocenters. The molecule has 3 heterocycles. The van der Waals surface area contributed by atoms with Gasteiger partial charge in [0.2, 0.25) is 5.91 Å². The van der Waals surface area contributed by atoms with Crippen molar-refractivity contribution in [2.45, 2.75) is 37.6 Å². The molecule has 4 rings (SSSR count). The summed E-state index contributed by atoms with van der Waals surface area (Å²) in [5.74, 6) is 0.435. The topological polar surface area (TPSA) is 48.6 Å². The molecule has 0 bridgehead atoms. The van der Waals surface area contributed by atoms with Gasteiger partial charge in [-0.25, -0.2) is 0 Å². The normalized spacial score (nSPS) is 22.7. The second kappa shape index (κ2) is 7.07. The van der Waals surface area contributed by atoms with Crippen molar-refractivity contribution in [2.24, 2.45) is 0 Å². The molecular formula is C19H22F3N3O2. The fourth-order valence-electron chi connectivity index (χ4n) is 4.08. The molecule has 2 fully saturated rings. The number of carbonyl (C=O) groups is 1. The Morgan fingerprint density at radius 1 is 1.11 bits per heavy atom. The van der Waals surface area contributed by atoms with E-state index >= 15 is 0 Å². The van der Waals surface area contributed by atoms with Crippen LogP contribution in [0.15, 0.2) is 30.5 Å². The van der Waals surface area contributed by atoms with Gasteiger partial charge in [0.05, 0.1) is 6.04 Å². The van der Waals surface area contributed by atoms with Crippen LogP contribution in [0.2, 0.25) is 0 Å². The maximum Gasteiger partial charge on any atom is 0.406 e. The Kier molecular flexibility index (Phi) is 4.75. The lowest BCUT2D eigenvalue weighted by molar-refractivity contribution is -0.159. The zero-order valence-electron chi connectivity index (χ0n) is 14.8. The van der Waals surface area contributed by atoms with Crippen molar-refractivity contribution >= 4 is 16.8 Å². The Morgan fingerprint density at radius 2 is 1.89 bits per heavy atom. The monoisotopic (exact) mass is 381 g/mol. The summed E-state index contributed by atoms with van der Waals surface area (Å²) in [4.78, 5) is 18.4. The van der Waals surface area contributed by atoms with Crippen LogP contribution in [0.25, 0.3) is 10.9 Å². The van der Waals surface area contributed by atoms with E-state index in [-0.39, 0.29) is 12.6 Å². The highest BCUT2D eigenvalue weighted by atomic mass is 19.4. The summed E-state index contributed by atoms with van der Waals surface area (Å²) in [5, 5.41) is 1.04. The van der Waals surface area contributed by atoms with Crippen LogP contribution >= 0.6 is 0 Å². The van der Waals surface area contributed by atoms with Crippen LogP contribution in [-0.4, -0.2) is 65.2 Å². The predicted molar refractivity (Wildman–Crippen MR) is 94.6 cm³/mol. The molecule has 2 aliphatic heterocycles. The van der Waals surface area contributed by atoms with Crippen molar-refractivity contribution in [3.8, 4) is 5.75 Å². The van der Waals surface area contributed by atoms with Gasteiger partial charge in [-0.1, -0.05) is 6.07 Å². The quantitative estimate of drug-likeness (QED) is 0.885. The first-order valence-corrected chi connectivity index (χ1v) is 9.23. The van der Waals surface area contributed by atoms with E-state index in [0.29, 0.717) is 19.5 Å². The highest BCUT2D eigenvalue weighted by molar-refractivity contribution is 5.85. The summed E-state index contributed by atoms with van der Waals surface area (Å²) in [7, 11) is 0. The summed E-state index contributed by atoms with van der Waals surface area (Å²) >= 11 is 0.